The lowest BCUT2D eigenvalue weighted by Gasteiger charge is -2.49. The van der Waals surface area contributed by atoms with Gasteiger partial charge in [-0.05, 0) is 47.7 Å². The maximum atomic E-state index is 14.4. The van der Waals surface area contributed by atoms with E-state index >= 15 is 0 Å². The van der Waals surface area contributed by atoms with Crippen molar-refractivity contribution in [3.8, 4) is 11.4 Å². The van der Waals surface area contributed by atoms with Crippen LogP contribution in [0.4, 0.5) is 27.6 Å². The van der Waals surface area contributed by atoms with Gasteiger partial charge in [-0.2, -0.15) is 22.7 Å². The van der Waals surface area contributed by atoms with Crippen molar-refractivity contribution in [1.29, 1.82) is 0 Å². The summed E-state index contributed by atoms with van der Waals surface area (Å²) in [5.41, 5.74) is -3.58. The molecule has 2 atom stereocenters. The number of phenols is 1. The molecule has 2 aromatic carbocycles. The number of benzene rings is 2. The number of aromatic nitrogens is 3. The van der Waals surface area contributed by atoms with Crippen LogP contribution in [0.15, 0.2) is 54.9 Å². The molecule has 1 aliphatic rings. The van der Waals surface area contributed by atoms with Crippen LogP contribution in [-0.2, 0) is 5.41 Å². The van der Waals surface area contributed by atoms with Gasteiger partial charge in [0.05, 0.1) is 29.6 Å². The molecule has 36 heavy (non-hydrogen) atoms. The fraction of sp³-hybridized carbons (Fsp3) is 0.280. The zero-order valence-corrected chi connectivity index (χ0v) is 19.1. The van der Waals surface area contributed by atoms with E-state index in [2.05, 4.69) is 15.4 Å². The van der Waals surface area contributed by atoms with Crippen LogP contribution < -0.4 is 5.32 Å². The molecule has 0 radical (unpaired) electrons. The first-order chi connectivity index (χ1) is 16.8. The third-order valence-electron chi connectivity index (χ3n) is 6.70. The van der Waals surface area contributed by atoms with Crippen LogP contribution in [0.5, 0.6) is 5.75 Å². The predicted octanol–water partition coefficient (Wildman–Crippen LogP) is 5.53. The number of halogens is 5. The second-order valence-corrected chi connectivity index (χ2v) is 9.55. The molecule has 2 heterocycles. The van der Waals surface area contributed by atoms with Crippen LogP contribution in [0.3, 0.4) is 0 Å². The first kappa shape index (κ1) is 24.0. The summed E-state index contributed by atoms with van der Waals surface area (Å²) in [6.45, 7) is 2.83. The molecule has 5 rings (SSSR count). The molecule has 0 saturated carbocycles. The molecular formula is C25H21F5N4O2. The van der Waals surface area contributed by atoms with Crippen molar-refractivity contribution in [2.45, 2.75) is 43.5 Å². The Morgan fingerprint density at radius 2 is 1.81 bits per heavy atom. The van der Waals surface area contributed by atoms with E-state index in [1.165, 1.54) is 43.1 Å². The second-order valence-electron chi connectivity index (χ2n) is 9.55. The zero-order valence-electron chi connectivity index (χ0n) is 19.1. The molecule has 0 spiro atoms. The van der Waals surface area contributed by atoms with Gasteiger partial charge >= 0.3 is 6.18 Å². The van der Waals surface area contributed by atoms with Gasteiger partial charge in [-0.1, -0.05) is 26.0 Å². The minimum atomic E-state index is -5.05. The van der Waals surface area contributed by atoms with E-state index in [1.54, 1.807) is 12.1 Å². The fourth-order valence-electron chi connectivity index (χ4n) is 5.15. The highest BCUT2D eigenvalue weighted by molar-refractivity contribution is 5.92. The molecule has 11 heteroatoms. The molecule has 6 nitrogen and oxygen atoms in total. The average molecular weight is 504 g/mol. The monoisotopic (exact) mass is 504 g/mol. The van der Waals surface area contributed by atoms with Crippen molar-refractivity contribution in [3.63, 3.8) is 0 Å². The van der Waals surface area contributed by atoms with Crippen molar-refractivity contribution >= 4 is 16.6 Å². The first-order valence-corrected chi connectivity index (χ1v) is 11.0. The maximum Gasteiger partial charge on any atom is 0.419 e. The fourth-order valence-corrected chi connectivity index (χ4v) is 5.15. The van der Waals surface area contributed by atoms with Crippen LogP contribution in [0.2, 0.25) is 0 Å². The summed E-state index contributed by atoms with van der Waals surface area (Å²) in [4.78, 5) is 3.60. The van der Waals surface area contributed by atoms with E-state index in [4.69, 9.17) is 0 Å². The molecule has 0 saturated heterocycles. The number of aromatic hydroxyl groups is 1. The third-order valence-corrected chi connectivity index (χ3v) is 6.70. The van der Waals surface area contributed by atoms with Gasteiger partial charge in [0.2, 0.25) is 5.95 Å². The van der Waals surface area contributed by atoms with Crippen LogP contribution in [0.1, 0.15) is 37.4 Å². The van der Waals surface area contributed by atoms with Gasteiger partial charge in [-0.25, -0.2) is 14.1 Å². The van der Waals surface area contributed by atoms with E-state index in [-0.39, 0.29) is 16.8 Å². The van der Waals surface area contributed by atoms with Gasteiger partial charge in [0.25, 0.3) is 0 Å². The van der Waals surface area contributed by atoms with Crippen LogP contribution in [-0.4, -0.2) is 36.8 Å². The summed E-state index contributed by atoms with van der Waals surface area (Å²) in [6, 6.07) is 7.64. The van der Waals surface area contributed by atoms with Crippen molar-refractivity contribution in [1.82, 2.24) is 14.8 Å². The van der Waals surface area contributed by atoms with Crippen molar-refractivity contribution in [2.24, 2.45) is 0 Å². The summed E-state index contributed by atoms with van der Waals surface area (Å²) >= 11 is 0. The van der Waals surface area contributed by atoms with Crippen molar-refractivity contribution in [3.05, 3.63) is 77.8 Å². The van der Waals surface area contributed by atoms with Gasteiger partial charge in [0.1, 0.15) is 0 Å². The Labute approximate surface area is 202 Å². The van der Waals surface area contributed by atoms with Crippen LogP contribution in [0, 0.1) is 11.8 Å². The topological polar surface area (TPSA) is 83.2 Å². The number of phenolic OH excluding ortho intramolecular Hbond substituents is 1. The Morgan fingerprint density at radius 1 is 1.06 bits per heavy atom. The van der Waals surface area contributed by atoms with Gasteiger partial charge in [-0.3, -0.25) is 0 Å². The third kappa shape index (κ3) is 3.57. The zero-order chi connectivity index (χ0) is 26.0. The largest absolute Gasteiger partial charge is 0.505 e. The molecule has 1 aliphatic carbocycles. The molecule has 0 aliphatic heterocycles. The Bertz CT molecular complexity index is 1470. The van der Waals surface area contributed by atoms with Gasteiger partial charge in [-0.15, -0.1) is 0 Å². The molecule has 0 amide bonds. The molecule has 3 N–H and O–H groups in total. The minimum absolute atomic E-state index is 0.00539. The minimum Gasteiger partial charge on any atom is -0.505 e. The standard InChI is InChI=1S/C25H21F5N4O2/c1-23(2)12-24(36,25(28,29)30)22(14-7-8-16(26)21(35)20(14)23)33-17-4-3-5-18-15(17)11-32-34(18)13-6-9-19(27)31-10-13/h3-11,22,33,35-36H,12H2,1-2H3. The lowest BCUT2D eigenvalue weighted by Crippen LogP contribution is -2.58. The molecule has 2 aromatic heterocycles. The number of anilines is 1. The highest BCUT2D eigenvalue weighted by Gasteiger charge is 2.64. The number of alkyl halides is 3. The maximum absolute atomic E-state index is 14.4. The predicted molar refractivity (Wildman–Crippen MR) is 122 cm³/mol. The Kier molecular flexibility index (Phi) is 5.26. The van der Waals surface area contributed by atoms with Crippen molar-refractivity contribution in [2.75, 3.05) is 5.32 Å². The number of hydrogen-bond donors (Lipinski definition) is 3. The van der Waals surface area contributed by atoms with E-state index < -0.39 is 47.2 Å². The quantitative estimate of drug-likeness (QED) is 0.252. The highest BCUT2D eigenvalue weighted by atomic mass is 19.4. The Balaban J connectivity index is 1.67. The summed E-state index contributed by atoms with van der Waals surface area (Å²) in [5, 5.41) is 29.1. The Morgan fingerprint density at radius 3 is 2.47 bits per heavy atom. The second kappa shape index (κ2) is 7.89. The Hall–Kier alpha value is -3.73. The number of pyridine rings is 1. The van der Waals surface area contributed by atoms with Crippen LogP contribution in [0.25, 0.3) is 16.6 Å². The SMILES string of the molecule is CC1(C)CC(O)(C(F)(F)F)C(Nc2cccc3c2cnn3-c2ccc(F)nc2)c2ccc(F)c(O)c21. The van der Waals surface area contributed by atoms with E-state index in [1.807, 2.05) is 0 Å². The number of hydrogen-bond acceptors (Lipinski definition) is 5. The van der Waals surface area contributed by atoms with Crippen molar-refractivity contribution < 1.29 is 32.2 Å². The summed E-state index contributed by atoms with van der Waals surface area (Å²) in [5.74, 6) is -2.39. The number of aliphatic hydroxyl groups is 1. The first-order valence-electron chi connectivity index (χ1n) is 11.0. The van der Waals surface area contributed by atoms with E-state index in [0.717, 1.165) is 18.2 Å². The average Bonchev–Trinajstić information content (AvgIpc) is 3.23. The summed E-state index contributed by atoms with van der Waals surface area (Å²) in [6.07, 6.45) is -3.19. The van der Waals surface area contributed by atoms with Crippen LogP contribution >= 0.6 is 0 Å². The molecule has 2 unspecified atom stereocenters. The van der Waals surface area contributed by atoms with Gasteiger partial charge in [0, 0.05) is 16.6 Å². The smallest absolute Gasteiger partial charge is 0.419 e. The summed E-state index contributed by atoms with van der Waals surface area (Å²) in [7, 11) is 0. The van der Waals surface area contributed by atoms with E-state index in [9.17, 15) is 32.2 Å². The molecule has 0 fully saturated rings. The lowest BCUT2D eigenvalue weighted by atomic mass is 9.63. The number of rotatable bonds is 3. The number of nitrogens with zero attached hydrogens (tertiary/aromatic N) is 3. The molecule has 4 aromatic rings. The summed E-state index contributed by atoms with van der Waals surface area (Å²) < 4.78 is 72.1. The highest BCUT2D eigenvalue weighted by Crippen LogP contribution is 2.56. The normalized spacial score (nSPS) is 21.4. The molecule has 0 bridgehead atoms. The molecular weight excluding hydrogens is 483 g/mol. The lowest BCUT2D eigenvalue weighted by molar-refractivity contribution is -0.276. The van der Waals surface area contributed by atoms with E-state index in [0.29, 0.717) is 16.6 Å². The molecule has 188 valence electrons. The van der Waals surface area contributed by atoms with Gasteiger partial charge < -0.3 is 15.5 Å². The number of fused-ring (bicyclic) bond motifs is 2. The van der Waals surface area contributed by atoms with Gasteiger partial charge in [0.15, 0.2) is 17.2 Å². The number of nitrogens with one attached hydrogen (secondary N) is 1.